The van der Waals surface area contributed by atoms with Gasteiger partial charge in [0, 0.05) is 12.7 Å². The van der Waals surface area contributed by atoms with Crippen molar-refractivity contribution in [1.29, 1.82) is 0 Å². The molecule has 3 nitrogen and oxygen atoms in total. The van der Waals surface area contributed by atoms with Gasteiger partial charge in [0.25, 0.3) is 0 Å². The van der Waals surface area contributed by atoms with Gasteiger partial charge in [-0.3, -0.25) is 0 Å². The maximum absolute atomic E-state index is 6.13. The highest BCUT2D eigenvalue weighted by Crippen LogP contribution is 2.23. The summed E-state index contributed by atoms with van der Waals surface area (Å²) >= 11 is 0. The lowest BCUT2D eigenvalue weighted by Crippen LogP contribution is -2.32. The van der Waals surface area contributed by atoms with E-state index in [1.165, 1.54) is 19.3 Å². The van der Waals surface area contributed by atoms with Gasteiger partial charge in [0.15, 0.2) is 0 Å². The molecular formula is C13H21N3. The average Bonchev–Trinajstić information content (AvgIpc) is 2.67. The third kappa shape index (κ3) is 2.53. The molecular weight excluding hydrogens is 198 g/mol. The molecule has 2 N–H and O–H groups in total. The summed E-state index contributed by atoms with van der Waals surface area (Å²) in [5.41, 5.74) is 6.95. The smallest absolute Gasteiger partial charge is 0.0948 e. The Labute approximate surface area is 97.4 Å². The molecule has 0 saturated heterocycles. The van der Waals surface area contributed by atoms with Gasteiger partial charge in [-0.25, -0.2) is 4.98 Å². The Hall–Kier alpha value is -1.09. The van der Waals surface area contributed by atoms with Crippen molar-refractivity contribution in [2.24, 2.45) is 11.7 Å². The van der Waals surface area contributed by atoms with Crippen LogP contribution in [-0.4, -0.2) is 9.55 Å². The van der Waals surface area contributed by atoms with Crippen LogP contribution in [0.3, 0.4) is 0 Å². The zero-order valence-corrected chi connectivity index (χ0v) is 10.2. The Kier molecular flexibility index (Phi) is 3.15. The summed E-state index contributed by atoms with van der Waals surface area (Å²) in [6, 6.07) is 0. The zero-order chi connectivity index (χ0) is 11.6. The van der Waals surface area contributed by atoms with E-state index in [2.05, 4.69) is 21.7 Å². The van der Waals surface area contributed by atoms with Gasteiger partial charge in [-0.15, -0.1) is 0 Å². The normalized spacial score (nSPS) is 21.3. The lowest BCUT2D eigenvalue weighted by Gasteiger charge is -2.24. The molecule has 1 heterocycles. The van der Waals surface area contributed by atoms with Gasteiger partial charge in [0.1, 0.15) is 0 Å². The van der Waals surface area contributed by atoms with Crippen molar-refractivity contribution in [1.82, 2.24) is 9.55 Å². The van der Waals surface area contributed by atoms with Crippen LogP contribution in [0.2, 0.25) is 0 Å². The number of aromatic nitrogens is 2. The molecule has 1 aliphatic rings. The predicted octanol–water partition coefficient (Wildman–Crippen LogP) is 2.43. The Morgan fingerprint density at radius 2 is 2.31 bits per heavy atom. The third-order valence-corrected chi connectivity index (χ3v) is 3.21. The van der Waals surface area contributed by atoms with E-state index in [4.69, 9.17) is 5.73 Å². The summed E-state index contributed by atoms with van der Waals surface area (Å²) in [4.78, 5) is 4.22. The second kappa shape index (κ2) is 4.42. The maximum Gasteiger partial charge on any atom is 0.0948 e. The minimum Gasteiger partial charge on any atom is -0.333 e. The highest BCUT2D eigenvalue weighted by atomic mass is 15.1. The zero-order valence-electron chi connectivity index (χ0n) is 10.2. The topological polar surface area (TPSA) is 43.8 Å². The molecule has 0 saturated carbocycles. The lowest BCUT2D eigenvalue weighted by molar-refractivity contribution is 0.385. The highest BCUT2D eigenvalue weighted by molar-refractivity contribution is 5.10. The molecule has 0 aliphatic heterocycles. The van der Waals surface area contributed by atoms with Gasteiger partial charge in [0.05, 0.1) is 17.6 Å². The molecule has 88 valence electrons. The summed E-state index contributed by atoms with van der Waals surface area (Å²) in [5.74, 6) is 0.736. The molecule has 16 heavy (non-hydrogen) atoms. The van der Waals surface area contributed by atoms with Gasteiger partial charge in [-0.2, -0.15) is 0 Å². The van der Waals surface area contributed by atoms with Gasteiger partial charge in [-0.05, 0) is 39.0 Å². The Morgan fingerprint density at radius 3 is 2.94 bits per heavy atom. The van der Waals surface area contributed by atoms with Crippen molar-refractivity contribution < 1.29 is 0 Å². The molecule has 1 aromatic heterocycles. The molecule has 1 atom stereocenters. The van der Waals surface area contributed by atoms with E-state index in [9.17, 15) is 0 Å². The molecule has 0 aromatic carbocycles. The van der Waals surface area contributed by atoms with E-state index in [1.807, 2.05) is 26.4 Å². The first-order valence-corrected chi connectivity index (χ1v) is 6.02. The summed E-state index contributed by atoms with van der Waals surface area (Å²) in [6.07, 6.45) is 12.0. The van der Waals surface area contributed by atoms with E-state index in [1.54, 1.807) is 0 Å². The monoisotopic (exact) mass is 219 g/mol. The number of rotatable bonds is 3. The minimum absolute atomic E-state index is 0.305. The summed E-state index contributed by atoms with van der Waals surface area (Å²) < 4.78 is 2.21. The number of allylic oxidation sites excluding steroid dienone is 2. The fourth-order valence-electron chi connectivity index (χ4n) is 2.30. The highest BCUT2D eigenvalue weighted by Gasteiger charge is 2.20. The van der Waals surface area contributed by atoms with Crippen LogP contribution in [0.4, 0.5) is 0 Å². The second-order valence-corrected chi connectivity index (χ2v) is 5.30. The van der Waals surface area contributed by atoms with Crippen LogP contribution in [0.15, 0.2) is 24.7 Å². The lowest BCUT2D eigenvalue weighted by atomic mass is 9.94. The van der Waals surface area contributed by atoms with Crippen molar-refractivity contribution in [3.63, 3.8) is 0 Å². The quantitative estimate of drug-likeness (QED) is 0.793. The van der Waals surface area contributed by atoms with E-state index >= 15 is 0 Å². The molecule has 1 aliphatic carbocycles. The van der Waals surface area contributed by atoms with Crippen LogP contribution in [0.25, 0.3) is 0 Å². The average molecular weight is 219 g/mol. The summed E-state index contributed by atoms with van der Waals surface area (Å²) in [6.45, 7) is 5.10. The van der Waals surface area contributed by atoms with Gasteiger partial charge in [-0.1, -0.05) is 12.2 Å². The first kappa shape index (κ1) is 11.4. The first-order chi connectivity index (χ1) is 7.57. The molecule has 0 spiro atoms. The number of hydrogen-bond donors (Lipinski definition) is 1. The van der Waals surface area contributed by atoms with Crippen LogP contribution in [0, 0.1) is 5.92 Å². The fourth-order valence-corrected chi connectivity index (χ4v) is 2.30. The standard InChI is InChI=1S/C13H21N3/c1-13(2,14)12-8-15-10-16(12)9-11-6-4-3-5-7-11/h3-4,8,10-11H,5-7,9,14H2,1-2H3. The van der Waals surface area contributed by atoms with Crippen molar-refractivity contribution >= 4 is 0 Å². The number of imidazole rings is 1. The number of hydrogen-bond acceptors (Lipinski definition) is 2. The largest absolute Gasteiger partial charge is 0.333 e. The molecule has 0 radical (unpaired) electrons. The van der Waals surface area contributed by atoms with Crippen molar-refractivity contribution in [2.75, 3.05) is 0 Å². The predicted molar refractivity (Wildman–Crippen MR) is 65.9 cm³/mol. The molecule has 1 aromatic rings. The van der Waals surface area contributed by atoms with Crippen molar-refractivity contribution in [2.45, 2.75) is 45.2 Å². The molecule has 0 amide bonds. The summed E-state index contributed by atoms with van der Waals surface area (Å²) in [7, 11) is 0. The molecule has 0 fully saturated rings. The SMILES string of the molecule is CC(C)(N)c1cncn1CC1CC=CCC1. The van der Waals surface area contributed by atoms with Gasteiger partial charge in [0.2, 0.25) is 0 Å². The minimum atomic E-state index is -0.305. The molecule has 0 bridgehead atoms. The van der Waals surface area contributed by atoms with Crippen molar-refractivity contribution in [3.8, 4) is 0 Å². The van der Waals surface area contributed by atoms with Crippen LogP contribution in [0.1, 0.15) is 38.8 Å². The number of nitrogens with zero attached hydrogens (tertiary/aromatic N) is 2. The van der Waals surface area contributed by atoms with Gasteiger partial charge >= 0.3 is 0 Å². The Bertz CT molecular complexity index is 371. The van der Waals surface area contributed by atoms with Crippen LogP contribution in [0.5, 0.6) is 0 Å². The molecule has 1 unspecified atom stereocenters. The summed E-state index contributed by atoms with van der Waals surface area (Å²) in [5, 5.41) is 0. The van der Waals surface area contributed by atoms with E-state index in [0.29, 0.717) is 0 Å². The van der Waals surface area contributed by atoms with Gasteiger partial charge < -0.3 is 10.3 Å². The van der Waals surface area contributed by atoms with E-state index in [-0.39, 0.29) is 5.54 Å². The number of nitrogens with two attached hydrogens (primary N) is 1. The van der Waals surface area contributed by atoms with E-state index in [0.717, 1.165) is 18.2 Å². The van der Waals surface area contributed by atoms with Crippen LogP contribution >= 0.6 is 0 Å². The molecule has 2 rings (SSSR count). The Morgan fingerprint density at radius 1 is 1.50 bits per heavy atom. The van der Waals surface area contributed by atoms with Crippen LogP contribution < -0.4 is 5.73 Å². The Balaban J connectivity index is 2.09. The second-order valence-electron chi connectivity index (χ2n) is 5.30. The van der Waals surface area contributed by atoms with Crippen molar-refractivity contribution in [3.05, 3.63) is 30.4 Å². The van der Waals surface area contributed by atoms with Crippen LogP contribution in [-0.2, 0) is 12.1 Å². The maximum atomic E-state index is 6.13. The molecule has 3 heteroatoms. The third-order valence-electron chi connectivity index (χ3n) is 3.21. The first-order valence-electron chi connectivity index (χ1n) is 6.02. The fraction of sp³-hybridized carbons (Fsp3) is 0.615. The van der Waals surface area contributed by atoms with E-state index < -0.39 is 0 Å².